The van der Waals surface area contributed by atoms with Gasteiger partial charge in [0.05, 0.1) is 55.3 Å². The van der Waals surface area contributed by atoms with E-state index >= 15 is 0 Å². The summed E-state index contributed by atoms with van der Waals surface area (Å²) in [6.07, 6.45) is 0. The minimum atomic E-state index is -0.353. The summed E-state index contributed by atoms with van der Waals surface area (Å²) in [7, 11) is 3.22. The molecule has 4 rings (SSSR count). The average Bonchev–Trinajstić information content (AvgIpc) is 3.26. The molecular weight excluding hydrogens is 566 g/mol. The third-order valence-corrected chi connectivity index (χ3v) is 7.19. The molecule has 0 unspecified atom stereocenters. The van der Waals surface area contributed by atoms with Crippen molar-refractivity contribution in [3.05, 3.63) is 46.3 Å². The van der Waals surface area contributed by atoms with Crippen molar-refractivity contribution in [2.75, 3.05) is 58.5 Å². The first-order valence-electron chi connectivity index (χ1n) is 13.0. The standard InChI is InChI=1S/C28H36BrN5O5/c1-7-39-22-14-18-15-34(26(32-29)23(18)31-24(22)27(36)30-5)16-21(35)17-12-19(28(2,3)4)25(37-6)20(13-17)33-8-10-38-11-9-33/h12-14H,7-11,15-16H2,1-6H3,(H,30,36)/b32-26-. The van der Waals surface area contributed by atoms with Crippen LogP contribution in [0.3, 0.4) is 0 Å². The fourth-order valence-electron chi connectivity index (χ4n) is 4.90. The van der Waals surface area contributed by atoms with Crippen molar-refractivity contribution in [1.29, 1.82) is 0 Å². The van der Waals surface area contributed by atoms with Crippen molar-refractivity contribution >= 4 is 39.4 Å². The van der Waals surface area contributed by atoms with E-state index in [4.69, 9.17) is 14.2 Å². The fourth-order valence-corrected chi connectivity index (χ4v) is 5.29. The number of hydrogen-bond acceptors (Lipinski definition) is 8. The number of ether oxygens (including phenoxy) is 3. The number of methoxy groups -OCH3 is 1. The molecular formula is C28H36BrN5O5. The van der Waals surface area contributed by atoms with Crippen LogP contribution in [-0.4, -0.2) is 81.0 Å². The van der Waals surface area contributed by atoms with E-state index in [1.165, 1.54) is 0 Å². The first-order valence-corrected chi connectivity index (χ1v) is 13.7. The normalized spacial score (nSPS) is 16.3. The Morgan fingerprint density at radius 3 is 2.51 bits per heavy atom. The van der Waals surface area contributed by atoms with Crippen LogP contribution in [0.1, 0.15) is 65.4 Å². The Balaban J connectivity index is 1.69. The number of nitrogens with zero attached hydrogens (tertiary/aromatic N) is 4. The molecule has 0 aliphatic carbocycles. The van der Waals surface area contributed by atoms with Crippen molar-refractivity contribution in [3.63, 3.8) is 0 Å². The number of fused-ring (bicyclic) bond motifs is 1. The summed E-state index contributed by atoms with van der Waals surface area (Å²) in [6, 6.07) is 5.67. The number of halogens is 1. The number of Topliss-reactive ketones (excluding diaryl/α,β-unsaturated/α-hetero) is 1. The van der Waals surface area contributed by atoms with Gasteiger partial charge in [-0.3, -0.25) is 9.59 Å². The lowest BCUT2D eigenvalue weighted by Gasteiger charge is -2.33. The smallest absolute Gasteiger partial charge is 0.273 e. The molecule has 0 saturated carbocycles. The molecule has 1 aromatic heterocycles. The van der Waals surface area contributed by atoms with Crippen LogP contribution in [0.5, 0.6) is 11.5 Å². The number of carbonyl (C=O) groups excluding carboxylic acids is 2. The highest BCUT2D eigenvalue weighted by Crippen LogP contribution is 2.41. The Morgan fingerprint density at radius 1 is 1.21 bits per heavy atom. The largest absolute Gasteiger partial charge is 0.494 e. The molecule has 0 atom stereocenters. The number of morpholine rings is 1. The van der Waals surface area contributed by atoms with Gasteiger partial charge in [-0.05, 0) is 30.5 Å². The second-order valence-corrected chi connectivity index (χ2v) is 10.8. The number of ketones is 1. The molecule has 2 aliphatic heterocycles. The van der Waals surface area contributed by atoms with Crippen LogP contribution >= 0.6 is 16.1 Å². The molecule has 1 saturated heterocycles. The van der Waals surface area contributed by atoms with E-state index in [0.29, 0.717) is 49.2 Å². The summed E-state index contributed by atoms with van der Waals surface area (Å²) in [6.45, 7) is 11.8. The summed E-state index contributed by atoms with van der Waals surface area (Å²) < 4.78 is 21.4. The molecule has 11 heteroatoms. The van der Waals surface area contributed by atoms with Crippen LogP contribution in [0.4, 0.5) is 5.69 Å². The molecule has 3 heterocycles. The van der Waals surface area contributed by atoms with Gasteiger partial charge in [-0.15, -0.1) is 0 Å². The van der Waals surface area contributed by atoms with Gasteiger partial charge < -0.3 is 29.3 Å². The quantitative estimate of drug-likeness (QED) is 0.456. The molecule has 1 fully saturated rings. The van der Waals surface area contributed by atoms with Crippen molar-refractivity contribution in [3.8, 4) is 11.5 Å². The van der Waals surface area contributed by atoms with E-state index < -0.39 is 0 Å². The number of nitrogens with one attached hydrogen (secondary N) is 1. The number of pyridine rings is 1. The molecule has 1 N–H and O–H groups in total. The number of aromatic nitrogens is 1. The third kappa shape index (κ3) is 5.89. The van der Waals surface area contributed by atoms with Crippen molar-refractivity contribution in [2.24, 2.45) is 4.02 Å². The highest BCUT2D eigenvalue weighted by Gasteiger charge is 2.33. The maximum absolute atomic E-state index is 13.8. The van der Waals surface area contributed by atoms with Gasteiger partial charge in [-0.25, -0.2) is 4.98 Å². The molecule has 39 heavy (non-hydrogen) atoms. The van der Waals surface area contributed by atoms with Crippen LogP contribution < -0.4 is 19.7 Å². The zero-order valence-corrected chi connectivity index (χ0v) is 25.0. The maximum Gasteiger partial charge on any atom is 0.273 e. The molecule has 1 aromatic carbocycles. The van der Waals surface area contributed by atoms with Crippen LogP contribution in [0.2, 0.25) is 0 Å². The van der Waals surface area contributed by atoms with Crippen molar-refractivity contribution < 1.29 is 23.8 Å². The lowest BCUT2D eigenvalue weighted by atomic mass is 9.84. The highest BCUT2D eigenvalue weighted by molar-refractivity contribution is 9.08. The topological polar surface area (TPSA) is 106 Å². The molecule has 210 valence electrons. The SMILES string of the molecule is CCOc1cc2c(nc1C(=O)NC)/C(=N/Br)N(CC(=O)c1cc(N3CCOCC3)c(OC)c(C(C)(C)C)c1)C2. The van der Waals surface area contributed by atoms with Gasteiger partial charge >= 0.3 is 0 Å². The van der Waals surface area contributed by atoms with Gasteiger partial charge in [0.15, 0.2) is 23.1 Å². The number of benzene rings is 1. The first kappa shape index (κ1) is 28.8. The Morgan fingerprint density at radius 2 is 1.92 bits per heavy atom. The Labute approximate surface area is 238 Å². The minimum absolute atomic E-state index is 0.0596. The molecule has 2 aromatic rings. The predicted molar refractivity (Wildman–Crippen MR) is 154 cm³/mol. The lowest BCUT2D eigenvalue weighted by Crippen LogP contribution is -2.37. The minimum Gasteiger partial charge on any atom is -0.494 e. The van der Waals surface area contributed by atoms with Crippen LogP contribution in [0.25, 0.3) is 0 Å². The number of rotatable bonds is 8. The monoisotopic (exact) mass is 601 g/mol. The van der Waals surface area contributed by atoms with Crippen molar-refractivity contribution in [1.82, 2.24) is 15.2 Å². The second-order valence-electron chi connectivity index (χ2n) is 10.5. The summed E-state index contributed by atoms with van der Waals surface area (Å²) in [5, 5.41) is 2.61. The van der Waals surface area contributed by atoms with Gasteiger partial charge in [0.25, 0.3) is 5.91 Å². The second kappa shape index (κ2) is 11.9. The van der Waals surface area contributed by atoms with E-state index in [0.717, 1.165) is 35.7 Å². The van der Waals surface area contributed by atoms with E-state index in [-0.39, 0.29) is 29.3 Å². The van der Waals surface area contributed by atoms with E-state index in [2.05, 4.69) is 56.1 Å². The van der Waals surface area contributed by atoms with Gasteiger partial charge in [-0.2, -0.15) is 4.02 Å². The van der Waals surface area contributed by atoms with E-state index in [1.807, 2.05) is 24.0 Å². The zero-order chi connectivity index (χ0) is 28.3. The molecule has 1 amide bonds. The van der Waals surface area contributed by atoms with Gasteiger partial charge in [0.2, 0.25) is 0 Å². The molecule has 2 aliphatic rings. The number of anilines is 1. The zero-order valence-electron chi connectivity index (χ0n) is 23.4. The van der Waals surface area contributed by atoms with Gasteiger partial charge in [0, 0.05) is 43.4 Å². The lowest BCUT2D eigenvalue weighted by molar-refractivity contribution is 0.0949. The first-order chi connectivity index (χ1) is 18.6. The predicted octanol–water partition coefficient (Wildman–Crippen LogP) is 3.74. The summed E-state index contributed by atoms with van der Waals surface area (Å²) in [5.41, 5.74) is 3.77. The Kier molecular flexibility index (Phi) is 8.80. The van der Waals surface area contributed by atoms with Gasteiger partial charge in [0.1, 0.15) is 11.4 Å². The summed E-state index contributed by atoms with van der Waals surface area (Å²) in [4.78, 5) is 34.9. The van der Waals surface area contributed by atoms with Crippen molar-refractivity contribution in [2.45, 2.75) is 39.7 Å². The average molecular weight is 603 g/mol. The van der Waals surface area contributed by atoms with Crippen LogP contribution in [-0.2, 0) is 16.7 Å². The highest BCUT2D eigenvalue weighted by atomic mass is 79.9. The molecule has 0 bridgehead atoms. The Bertz CT molecular complexity index is 1280. The Hall–Kier alpha value is -3.18. The van der Waals surface area contributed by atoms with Crippen LogP contribution in [0.15, 0.2) is 22.2 Å². The number of amides is 1. The molecule has 10 nitrogen and oxygen atoms in total. The third-order valence-electron chi connectivity index (χ3n) is 6.85. The maximum atomic E-state index is 13.8. The van der Waals surface area contributed by atoms with Crippen LogP contribution in [0, 0.1) is 0 Å². The summed E-state index contributed by atoms with van der Waals surface area (Å²) >= 11 is 3.21. The van der Waals surface area contributed by atoms with Gasteiger partial charge in [-0.1, -0.05) is 20.8 Å². The molecule has 0 spiro atoms. The number of carbonyl (C=O) groups is 2. The van der Waals surface area contributed by atoms with E-state index in [1.54, 1.807) is 20.2 Å². The summed E-state index contributed by atoms with van der Waals surface area (Å²) in [5.74, 6) is 1.26. The van der Waals surface area contributed by atoms with E-state index in [9.17, 15) is 9.59 Å². The number of hydrogen-bond donors (Lipinski definition) is 1. The fraction of sp³-hybridized carbons (Fsp3) is 0.500. The number of amidine groups is 1. The molecule has 0 radical (unpaired) electrons.